The molecule has 1 heterocycles. The molecule has 0 aromatic carbocycles. The van der Waals surface area contributed by atoms with Crippen LogP contribution in [-0.2, 0) is 17.2 Å². The Morgan fingerprint density at radius 2 is 2.32 bits per heavy atom. The summed E-state index contributed by atoms with van der Waals surface area (Å²) in [6.07, 6.45) is 4.76. The third kappa shape index (κ3) is 5.39. The summed E-state index contributed by atoms with van der Waals surface area (Å²) >= 11 is 1.71. The molecule has 0 bridgehead atoms. The van der Waals surface area contributed by atoms with Crippen LogP contribution in [-0.4, -0.2) is 33.3 Å². The Hall–Kier alpha value is -0.880. The molecule has 6 heteroatoms. The number of hydrogen-bond acceptors (Lipinski definition) is 3. The van der Waals surface area contributed by atoms with E-state index in [0.29, 0.717) is 5.75 Å². The van der Waals surface area contributed by atoms with E-state index in [0.717, 1.165) is 32.1 Å². The van der Waals surface area contributed by atoms with Crippen molar-refractivity contribution in [1.82, 2.24) is 10.6 Å². The third-order valence-corrected chi connectivity index (χ3v) is 6.72. The average Bonchev–Trinajstić information content (AvgIpc) is 2.99. The molecule has 0 unspecified atom stereocenters. The van der Waals surface area contributed by atoms with E-state index in [9.17, 15) is 9.00 Å². The lowest BCUT2D eigenvalue weighted by Gasteiger charge is -2.29. The molecule has 1 aliphatic carbocycles. The number of carbonyl (C=O) groups excluding carboxylic acids is 1. The first kappa shape index (κ1) is 17.5. The van der Waals surface area contributed by atoms with E-state index in [-0.39, 0.29) is 23.4 Å². The predicted molar refractivity (Wildman–Crippen MR) is 93.9 cm³/mol. The van der Waals surface area contributed by atoms with E-state index in [4.69, 9.17) is 0 Å². The van der Waals surface area contributed by atoms with Gasteiger partial charge in [-0.3, -0.25) is 4.21 Å². The summed E-state index contributed by atoms with van der Waals surface area (Å²) in [4.78, 5) is 13.4. The zero-order valence-corrected chi connectivity index (χ0v) is 15.0. The number of rotatable bonds is 6. The monoisotopic (exact) mass is 342 g/mol. The van der Waals surface area contributed by atoms with Gasteiger partial charge in [0.15, 0.2) is 0 Å². The van der Waals surface area contributed by atoms with Crippen LogP contribution in [0.1, 0.15) is 44.4 Å². The molecule has 0 spiro atoms. The molecule has 2 N–H and O–H groups in total. The van der Waals surface area contributed by atoms with E-state index in [1.807, 2.05) is 19.9 Å². The molecule has 124 valence electrons. The molecule has 2 rings (SSSR count). The van der Waals surface area contributed by atoms with Crippen LogP contribution in [0, 0.1) is 0 Å². The van der Waals surface area contributed by atoms with Crippen LogP contribution < -0.4 is 10.6 Å². The molecule has 1 fully saturated rings. The summed E-state index contributed by atoms with van der Waals surface area (Å²) in [6.45, 7) is 3.99. The van der Waals surface area contributed by atoms with Crippen LogP contribution in [0.4, 0.5) is 4.79 Å². The lowest BCUT2D eigenvalue weighted by Crippen LogP contribution is -2.48. The molecule has 1 saturated carbocycles. The minimum Gasteiger partial charge on any atom is -0.335 e. The maximum absolute atomic E-state index is 12.1. The normalized spacial score (nSPS) is 24.5. The zero-order chi connectivity index (χ0) is 15.9. The Labute approximate surface area is 139 Å². The van der Waals surface area contributed by atoms with Crippen molar-refractivity contribution in [3.8, 4) is 0 Å². The molecular weight excluding hydrogens is 316 g/mol. The van der Waals surface area contributed by atoms with Gasteiger partial charge in [-0.2, -0.15) is 0 Å². The lowest BCUT2D eigenvalue weighted by molar-refractivity contribution is 0.230. The van der Waals surface area contributed by atoms with E-state index in [1.165, 1.54) is 4.88 Å². The van der Waals surface area contributed by atoms with Crippen LogP contribution in [0.25, 0.3) is 0 Å². The van der Waals surface area contributed by atoms with Crippen LogP contribution in [0.3, 0.4) is 0 Å². The standard InChI is InChI=1S/C16H26N2O2S2/c1-3-22(20)15-8-4-6-13(11-15)18-16(19)17-12(2)10-14-7-5-9-21-14/h5,7,9,12-13,15H,3-4,6,8,10-11H2,1-2H3,(H2,17,18,19)/t12-,13+,15-,22-/m1/s1. The van der Waals surface area contributed by atoms with Crippen molar-refractivity contribution in [2.75, 3.05) is 5.75 Å². The first-order valence-corrected chi connectivity index (χ1v) is 10.3. The van der Waals surface area contributed by atoms with Gasteiger partial charge in [0.1, 0.15) is 0 Å². The Morgan fingerprint density at radius 3 is 3.00 bits per heavy atom. The number of amides is 2. The number of urea groups is 1. The molecule has 4 atom stereocenters. The molecule has 1 aromatic rings. The number of carbonyl (C=O) groups is 1. The second-order valence-corrected chi connectivity index (χ2v) is 9.00. The van der Waals surface area contributed by atoms with Gasteiger partial charge in [-0.25, -0.2) is 4.79 Å². The summed E-state index contributed by atoms with van der Waals surface area (Å²) in [6, 6.07) is 4.29. The molecule has 2 amide bonds. The van der Waals surface area contributed by atoms with Gasteiger partial charge in [0.2, 0.25) is 0 Å². The van der Waals surface area contributed by atoms with Gasteiger partial charge in [-0.15, -0.1) is 11.3 Å². The van der Waals surface area contributed by atoms with Crippen molar-refractivity contribution < 1.29 is 9.00 Å². The highest BCUT2D eigenvalue weighted by Gasteiger charge is 2.26. The summed E-state index contributed by atoms with van der Waals surface area (Å²) in [5.74, 6) is 0.710. The van der Waals surface area contributed by atoms with Crippen LogP contribution in [0.2, 0.25) is 0 Å². The number of nitrogens with one attached hydrogen (secondary N) is 2. The first-order chi connectivity index (χ1) is 10.6. The second-order valence-electron chi connectivity index (χ2n) is 5.96. The van der Waals surface area contributed by atoms with E-state index in [2.05, 4.69) is 22.1 Å². The van der Waals surface area contributed by atoms with Crippen molar-refractivity contribution >= 4 is 28.2 Å². The fourth-order valence-electron chi connectivity index (χ4n) is 2.98. The van der Waals surface area contributed by atoms with Gasteiger partial charge in [-0.05, 0) is 37.6 Å². The van der Waals surface area contributed by atoms with Crippen LogP contribution in [0.15, 0.2) is 17.5 Å². The Balaban J connectivity index is 1.75. The van der Waals surface area contributed by atoms with E-state index in [1.54, 1.807) is 11.3 Å². The van der Waals surface area contributed by atoms with Crippen molar-refractivity contribution in [3.05, 3.63) is 22.4 Å². The lowest BCUT2D eigenvalue weighted by atomic mass is 9.95. The van der Waals surface area contributed by atoms with Gasteiger partial charge < -0.3 is 10.6 Å². The topological polar surface area (TPSA) is 58.2 Å². The summed E-state index contributed by atoms with van der Waals surface area (Å²) in [7, 11) is -0.752. The minimum absolute atomic E-state index is 0.100. The van der Waals surface area contributed by atoms with Crippen molar-refractivity contribution in [2.45, 2.75) is 63.3 Å². The van der Waals surface area contributed by atoms with Gasteiger partial charge in [-0.1, -0.05) is 19.4 Å². The third-order valence-electron chi connectivity index (χ3n) is 4.08. The molecule has 0 radical (unpaired) electrons. The quantitative estimate of drug-likeness (QED) is 0.835. The SMILES string of the molecule is CC[S@@](=O)[C@@H]1CCC[C@H](NC(=O)N[C@H](C)Cc2cccs2)C1. The molecule has 1 aliphatic rings. The van der Waals surface area contributed by atoms with Crippen LogP contribution >= 0.6 is 11.3 Å². The van der Waals surface area contributed by atoms with Gasteiger partial charge in [0.25, 0.3) is 0 Å². The Bertz CT molecular complexity index is 490. The van der Waals surface area contributed by atoms with Crippen molar-refractivity contribution in [3.63, 3.8) is 0 Å². The summed E-state index contributed by atoms with van der Waals surface area (Å²) < 4.78 is 11.9. The molecule has 0 aliphatic heterocycles. The predicted octanol–water partition coefficient (Wildman–Crippen LogP) is 3.06. The molecule has 1 aromatic heterocycles. The molecule has 22 heavy (non-hydrogen) atoms. The van der Waals surface area contributed by atoms with Gasteiger partial charge in [0.05, 0.1) is 0 Å². The fraction of sp³-hybridized carbons (Fsp3) is 0.688. The smallest absolute Gasteiger partial charge is 0.315 e. The van der Waals surface area contributed by atoms with Gasteiger partial charge >= 0.3 is 6.03 Å². The summed E-state index contributed by atoms with van der Waals surface area (Å²) in [5.41, 5.74) is 0. The summed E-state index contributed by atoms with van der Waals surface area (Å²) in [5, 5.41) is 8.36. The van der Waals surface area contributed by atoms with E-state index >= 15 is 0 Å². The van der Waals surface area contributed by atoms with Crippen LogP contribution in [0.5, 0.6) is 0 Å². The number of thiophene rings is 1. The Kier molecular flexibility index (Phi) is 6.89. The van der Waals surface area contributed by atoms with Crippen molar-refractivity contribution in [2.24, 2.45) is 0 Å². The highest BCUT2D eigenvalue weighted by Crippen LogP contribution is 2.23. The Morgan fingerprint density at radius 1 is 1.50 bits per heavy atom. The average molecular weight is 343 g/mol. The molecule has 4 nitrogen and oxygen atoms in total. The second kappa shape index (κ2) is 8.67. The highest BCUT2D eigenvalue weighted by molar-refractivity contribution is 7.85. The highest BCUT2D eigenvalue weighted by atomic mass is 32.2. The first-order valence-electron chi connectivity index (χ1n) is 8.05. The molecule has 0 saturated heterocycles. The zero-order valence-electron chi connectivity index (χ0n) is 13.3. The minimum atomic E-state index is -0.752. The molecular formula is C16H26N2O2S2. The maximum Gasteiger partial charge on any atom is 0.315 e. The number of hydrogen-bond donors (Lipinski definition) is 2. The van der Waals surface area contributed by atoms with Gasteiger partial charge in [0, 0.05) is 45.2 Å². The largest absolute Gasteiger partial charge is 0.335 e. The van der Waals surface area contributed by atoms with E-state index < -0.39 is 10.8 Å². The fourth-order valence-corrected chi connectivity index (χ4v) is 5.17. The maximum atomic E-state index is 12.1. The van der Waals surface area contributed by atoms with Crippen molar-refractivity contribution in [1.29, 1.82) is 0 Å².